The lowest BCUT2D eigenvalue weighted by Gasteiger charge is -2.25. The van der Waals surface area contributed by atoms with E-state index >= 15 is 0 Å². The van der Waals surface area contributed by atoms with Crippen LogP contribution in [0.4, 0.5) is 5.69 Å². The van der Waals surface area contributed by atoms with Gasteiger partial charge in [0.05, 0.1) is 0 Å². The van der Waals surface area contributed by atoms with Gasteiger partial charge < -0.3 is 20.9 Å². The van der Waals surface area contributed by atoms with E-state index in [1.807, 2.05) is 35.2 Å². The lowest BCUT2D eigenvalue weighted by Crippen LogP contribution is -2.32. The number of anilines is 1. The molecule has 0 saturated carbocycles. The molecule has 1 saturated heterocycles. The number of hydrogen-bond acceptors (Lipinski definition) is 4. The average Bonchev–Trinajstić information content (AvgIpc) is 3.07. The maximum Gasteiger partial charge on any atom is 0.253 e. The van der Waals surface area contributed by atoms with Gasteiger partial charge in [0, 0.05) is 55.4 Å². The molecule has 1 unspecified atom stereocenters. The highest BCUT2D eigenvalue weighted by Gasteiger charge is 2.26. The average molecular weight is 461 g/mol. The quantitative estimate of drug-likeness (QED) is 0.570. The van der Waals surface area contributed by atoms with Crippen LogP contribution in [0, 0.1) is 17.2 Å². The lowest BCUT2D eigenvalue weighted by molar-refractivity contribution is 0.0760. The third-order valence-electron chi connectivity index (χ3n) is 6.37. The normalized spacial score (nSPS) is 18.1. The predicted molar refractivity (Wildman–Crippen MR) is 144 cm³/mol. The molecule has 2 aliphatic heterocycles. The van der Waals surface area contributed by atoms with Crippen LogP contribution in [0.25, 0.3) is 5.57 Å². The highest BCUT2D eigenvalue weighted by Crippen LogP contribution is 2.32. The van der Waals surface area contributed by atoms with Crippen LogP contribution >= 0.6 is 0 Å². The second-order valence-corrected chi connectivity index (χ2v) is 9.99. The minimum Gasteiger partial charge on any atom is -0.404 e. The van der Waals surface area contributed by atoms with Crippen molar-refractivity contribution in [3.63, 3.8) is 0 Å². The number of fused-ring (bicyclic) bond motifs is 1. The highest BCUT2D eigenvalue weighted by molar-refractivity contribution is 6.08. The van der Waals surface area contributed by atoms with Crippen molar-refractivity contribution in [2.24, 2.45) is 17.6 Å². The van der Waals surface area contributed by atoms with Gasteiger partial charge in [-0.2, -0.15) is 0 Å². The van der Waals surface area contributed by atoms with Crippen LogP contribution < -0.4 is 10.6 Å². The number of likely N-dealkylation sites (tertiary alicyclic amines) is 1. The number of carbonyl (C=O) groups is 1. The third kappa shape index (κ3) is 6.72. The maximum atomic E-state index is 12.8. The third-order valence-corrected chi connectivity index (χ3v) is 6.37. The van der Waals surface area contributed by atoms with Crippen molar-refractivity contribution in [1.82, 2.24) is 4.90 Å². The summed E-state index contributed by atoms with van der Waals surface area (Å²) in [6.45, 7) is 10.3. The highest BCUT2D eigenvalue weighted by atomic mass is 16.2. The van der Waals surface area contributed by atoms with Gasteiger partial charge in [0.25, 0.3) is 5.91 Å². The molecule has 5 heteroatoms. The summed E-state index contributed by atoms with van der Waals surface area (Å²) in [4.78, 5) is 17.3. The second-order valence-electron chi connectivity index (χ2n) is 9.99. The van der Waals surface area contributed by atoms with E-state index in [-0.39, 0.29) is 5.91 Å². The molecular formula is C29H40N4O. The van der Waals surface area contributed by atoms with Gasteiger partial charge in [-0.05, 0) is 72.9 Å². The van der Waals surface area contributed by atoms with E-state index in [1.165, 1.54) is 23.7 Å². The van der Waals surface area contributed by atoms with Gasteiger partial charge in [-0.3, -0.25) is 4.79 Å². The number of carbonyl (C=O) groups excluding carboxylic acids is 1. The van der Waals surface area contributed by atoms with E-state index in [0.717, 1.165) is 74.5 Å². The van der Waals surface area contributed by atoms with E-state index < -0.39 is 0 Å². The van der Waals surface area contributed by atoms with Gasteiger partial charge in [-0.25, -0.2) is 0 Å². The molecule has 2 heterocycles. The number of nitrogens with one attached hydrogen (secondary N) is 1. The molecule has 1 amide bonds. The Kier molecular flexibility index (Phi) is 9.32. The summed E-state index contributed by atoms with van der Waals surface area (Å²) in [5, 5.41) is 7.51. The number of amides is 1. The fraction of sp³-hybridized carbons (Fsp3) is 0.448. The number of nitrogens with two attached hydrogens (primary N) is 1. The molecule has 2 aliphatic rings. The lowest BCUT2D eigenvalue weighted by atomic mass is 9.99. The maximum absolute atomic E-state index is 12.8. The number of hydrogen-bond donors (Lipinski definition) is 2. The fourth-order valence-electron chi connectivity index (χ4n) is 4.69. The van der Waals surface area contributed by atoms with Crippen molar-refractivity contribution in [2.45, 2.75) is 46.5 Å². The first kappa shape index (κ1) is 25.5. The van der Waals surface area contributed by atoms with Gasteiger partial charge in [0.2, 0.25) is 0 Å². The minimum atomic E-state index is 0.158. The summed E-state index contributed by atoms with van der Waals surface area (Å²) in [7, 11) is 0. The van der Waals surface area contributed by atoms with Gasteiger partial charge in [0.15, 0.2) is 0 Å². The number of benzene rings is 2. The van der Waals surface area contributed by atoms with Gasteiger partial charge in [-0.1, -0.05) is 45.0 Å². The SMILES string of the molecule is CC(C)C.N=C/C(=C\N)c1ccc2c(c1)CCN2CC1CCCN(C(=O)c2ccccc2)CC1. The molecule has 0 radical (unpaired) electrons. The Bertz CT molecular complexity index is 980. The van der Waals surface area contributed by atoms with E-state index in [4.69, 9.17) is 11.1 Å². The van der Waals surface area contributed by atoms with Gasteiger partial charge in [-0.15, -0.1) is 0 Å². The fourth-order valence-corrected chi connectivity index (χ4v) is 4.69. The van der Waals surface area contributed by atoms with Crippen LogP contribution in [0.15, 0.2) is 54.7 Å². The van der Waals surface area contributed by atoms with Crippen molar-refractivity contribution >= 4 is 23.4 Å². The topological polar surface area (TPSA) is 73.4 Å². The summed E-state index contributed by atoms with van der Waals surface area (Å²) in [5.74, 6) is 1.59. The van der Waals surface area contributed by atoms with Crippen LogP contribution in [-0.2, 0) is 6.42 Å². The molecule has 5 nitrogen and oxygen atoms in total. The first-order chi connectivity index (χ1) is 16.4. The Balaban J connectivity index is 0.000000751. The molecule has 1 fully saturated rings. The molecule has 34 heavy (non-hydrogen) atoms. The molecule has 182 valence electrons. The first-order valence-electron chi connectivity index (χ1n) is 12.6. The zero-order chi connectivity index (χ0) is 24.5. The van der Waals surface area contributed by atoms with Crippen LogP contribution in [0.5, 0.6) is 0 Å². The smallest absolute Gasteiger partial charge is 0.253 e. The van der Waals surface area contributed by atoms with Crippen LogP contribution in [0.3, 0.4) is 0 Å². The Morgan fingerprint density at radius 1 is 1.06 bits per heavy atom. The van der Waals surface area contributed by atoms with E-state index in [2.05, 4.69) is 43.9 Å². The van der Waals surface area contributed by atoms with E-state index in [1.54, 1.807) is 0 Å². The number of allylic oxidation sites excluding steroid dienone is 1. The molecule has 0 aromatic heterocycles. The second kappa shape index (κ2) is 12.4. The molecule has 3 N–H and O–H groups in total. The van der Waals surface area contributed by atoms with Crippen molar-refractivity contribution < 1.29 is 4.79 Å². The largest absolute Gasteiger partial charge is 0.404 e. The standard InChI is InChI=1S/C25H30N4O.C4H10/c26-16-23(17-27)21-8-9-24-22(15-21)11-14-29(24)18-19-5-4-12-28(13-10-19)25(30)20-6-2-1-3-7-20;1-4(2)3/h1-3,6-9,15-17,19,26H,4-5,10-14,18,27H2;4H,1-3H3/b23-17+,26-16?;. The summed E-state index contributed by atoms with van der Waals surface area (Å²) < 4.78 is 0. The Labute approximate surface area is 205 Å². The van der Waals surface area contributed by atoms with Gasteiger partial charge in [0.1, 0.15) is 0 Å². The number of nitrogens with zero attached hydrogens (tertiary/aromatic N) is 2. The monoisotopic (exact) mass is 460 g/mol. The predicted octanol–water partition coefficient (Wildman–Crippen LogP) is 5.60. The Hall–Kier alpha value is -3.08. The first-order valence-corrected chi connectivity index (χ1v) is 12.6. The summed E-state index contributed by atoms with van der Waals surface area (Å²) in [5.41, 5.74) is 10.8. The minimum absolute atomic E-state index is 0.158. The molecule has 2 aromatic rings. The molecule has 1 atom stereocenters. The van der Waals surface area contributed by atoms with Crippen molar-refractivity contribution in [1.29, 1.82) is 5.41 Å². The van der Waals surface area contributed by atoms with Crippen LogP contribution in [0.1, 0.15) is 61.5 Å². The summed E-state index contributed by atoms with van der Waals surface area (Å²) in [6, 6.07) is 16.0. The zero-order valence-corrected chi connectivity index (χ0v) is 21.0. The molecule has 0 aliphatic carbocycles. The van der Waals surface area contributed by atoms with Crippen molar-refractivity contribution in [3.8, 4) is 0 Å². The van der Waals surface area contributed by atoms with Crippen LogP contribution in [0.2, 0.25) is 0 Å². The van der Waals surface area contributed by atoms with Crippen molar-refractivity contribution in [2.75, 3.05) is 31.1 Å². The van der Waals surface area contributed by atoms with Crippen LogP contribution in [-0.4, -0.2) is 43.2 Å². The van der Waals surface area contributed by atoms with E-state index in [9.17, 15) is 4.79 Å². The van der Waals surface area contributed by atoms with Gasteiger partial charge >= 0.3 is 0 Å². The molecular weight excluding hydrogens is 420 g/mol. The summed E-state index contributed by atoms with van der Waals surface area (Å²) >= 11 is 0. The van der Waals surface area contributed by atoms with Crippen molar-refractivity contribution in [3.05, 3.63) is 71.4 Å². The number of rotatable bonds is 5. The molecule has 2 aromatic carbocycles. The zero-order valence-electron chi connectivity index (χ0n) is 21.0. The Morgan fingerprint density at radius 3 is 2.47 bits per heavy atom. The Morgan fingerprint density at radius 2 is 1.79 bits per heavy atom. The summed E-state index contributed by atoms with van der Waals surface area (Å²) in [6.07, 6.45) is 7.11. The van der Waals surface area contributed by atoms with E-state index in [0.29, 0.717) is 5.92 Å². The molecule has 0 spiro atoms. The molecule has 0 bridgehead atoms. The molecule has 4 rings (SSSR count).